The minimum absolute atomic E-state index is 0.670. The van der Waals surface area contributed by atoms with Crippen molar-refractivity contribution in [1.82, 2.24) is 5.32 Å². The smallest absolute Gasteiger partial charge is 0.0440 e. The molecule has 0 saturated carbocycles. The van der Waals surface area contributed by atoms with Crippen LogP contribution in [0.1, 0.15) is 38.3 Å². The molecule has 102 valence electrons. The highest BCUT2D eigenvalue weighted by atomic mass is 35.5. The van der Waals surface area contributed by atoms with Gasteiger partial charge < -0.3 is 5.32 Å². The maximum Gasteiger partial charge on any atom is 0.0440 e. The molecule has 2 heteroatoms. The summed E-state index contributed by atoms with van der Waals surface area (Å²) in [5.41, 5.74) is 2.51. The molecule has 18 heavy (non-hydrogen) atoms. The Hall–Kier alpha value is -0.530. The predicted molar refractivity (Wildman–Crippen MR) is 81.4 cm³/mol. The van der Waals surface area contributed by atoms with E-state index in [4.69, 9.17) is 11.6 Å². The first-order chi connectivity index (χ1) is 8.52. The van der Waals surface area contributed by atoms with Gasteiger partial charge in [0.1, 0.15) is 0 Å². The van der Waals surface area contributed by atoms with Gasteiger partial charge in [-0.2, -0.15) is 0 Å². The van der Waals surface area contributed by atoms with E-state index in [-0.39, 0.29) is 0 Å². The molecule has 0 aliphatic heterocycles. The molecule has 1 aromatic rings. The van der Waals surface area contributed by atoms with E-state index in [0.29, 0.717) is 11.8 Å². The van der Waals surface area contributed by atoms with Crippen LogP contribution in [0.15, 0.2) is 18.2 Å². The van der Waals surface area contributed by atoms with E-state index in [0.717, 1.165) is 24.5 Å². The van der Waals surface area contributed by atoms with Gasteiger partial charge in [0.15, 0.2) is 0 Å². The number of rotatable bonds is 7. The van der Waals surface area contributed by atoms with Crippen molar-refractivity contribution in [2.45, 2.75) is 40.5 Å². The van der Waals surface area contributed by atoms with Crippen LogP contribution in [0.3, 0.4) is 0 Å². The van der Waals surface area contributed by atoms with E-state index in [9.17, 15) is 0 Å². The van der Waals surface area contributed by atoms with Crippen LogP contribution in [0.4, 0.5) is 0 Å². The Bertz CT molecular complexity index is 360. The molecule has 0 heterocycles. The molecule has 0 radical (unpaired) electrons. The van der Waals surface area contributed by atoms with Gasteiger partial charge in [-0.15, -0.1) is 0 Å². The van der Waals surface area contributed by atoms with Crippen LogP contribution in [0.5, 0.6) is 0 Å². The lowest BCUT2D eigenvalue weighted by Gasteiger charge is -2.17. The lowest BCUT2D eigenvalue weighted by molar-refractivity contribution is 0.437. The average molecular weight is 268 g/mol. The maximum atomic E-state index is 6.29. The van der Waals surface area contributed by atoms with Crippen molar-refractivity contribution in [3.63, 3.8) is 0 Å². The SMILES string of the molecule is CCC(CNCC(C)C)Cc1ccc(C)cc1Cl. The fraction of sp³-hybridized carbons (Fsp3) is 0.625. The number of nitrogens with one attached hydrogen (secondary N) is 1. The Balaban J connectivity index is 2.51. The standard InChI is InChI=1S/C16H26ClN/c1-5-14(11-18-10-12(2)3)9-15-7-6-13(4)8-16(15)17/h6-8,12,14,18H,5,9-11H2,1-4H3. The lowest BCUT2D eigenvalue weighted by Crippen LogP contribution is -2.27. The van der Waals surface area contributed by atoms with E-state index in [2.05, 4.69) is 51.2 Å². The zero-order valence-corrected chi connectivity index (χ0v) is 12.8. The van der Waals surface area contributed by atoms with Gasteiger partial charge in [0.25, 0.3) is 0 Å². The molecule has 0 aromatic heterocycles. The van der Waals surface area contributed by atoms with Gasteiger partial charge in [-0.3, -0.25) is 0 Å². The van der Waals surface area contributed by atoms with Crippen LogP contribution in [-0.4, -0.2) is 13.1 Å². The van der Waals surface area contributed by atoms with Crippen LogP contribution in [0, 0.1) is 18.8 Å². The summed E-state index contributed by atoms with van der Waals surface area (Å²) in [6.45, 7) is 11.0. The minimum atomic E-state index is 0.670. The molecular weight excluding hydrogens is 242 g/mol. The van der Waals surface area contributed by atoms with Gasteiger partial charge >= 0.3 is 0 Å². The molecular formula is C16H26ClN. The number of halogens is 1. The highest BCUT2D eigenvalue weighted by Crippen LogP contribution is 2.21. The van der Waals surface area contributed by atoms with Gasteiger partial charge in [0.05, 0.1) is 0 Å². The number of benzene rings is 1. The van der Waals surface area contributed by atoms with Gasteiger partial charge in [0, 0.05) is 5.02 Å². The van der Waals surface area contributed by atoms with Crippen molar-refractivity contribution >= 4 is 11.6 Å². The summed E-state index contributed by atoms with van der Waals surface area (Å²) in [5, 5.41) is 4.46. The quantitative estimate of drug-likeness (QED) is 0.769. The summed E-state index contributed by atoms with van der Waals surface area (Å²) in [5.74, 6) is 1.38. The molecule has 1 N–H and O–H groups in total. The first kappa shape index (κ1) is 15.5. The van der Waals surface area contributed by atoms with E-state index in [1.165, 1.54) is 17.5 Å². The van der Waals surface area contributed by atoms with Crippen molar-refractivity contribution in [3.8, 4) is 0 Å². The molecule has 1 atom stereocenters. The maximum absolute atomic E-state index is 6.29. The Kier molecular flexibility index (Phi) is 6.73. The van der Waals surface area contributed by atoms with Gasteiger partial charge in [-0.25, -0.2) is 0 Å². The number of aryl methyl sites for hydroxylation is 1. The summed E-state index contributed by atoms with van der Waals surface area (Å²) >= 11 is 6.29. The van der Waals surface area contributed by atoms with Crippen molar-refractivity contribution < 1.29 is 0 Å². The Morgan fingerprint density at radius 3 is 2.50 bits per heavy atom. The zero-order chi connectivity index (χ0) is 13.5. The number of hydrogen-bond acceptors (Lipinski definition) is 1. The predicted octanol–water partition coefficient (Wildman–Crippen LogP) is 4.46. The normalized spacial score (nSPS) is 13.0. The second-order valence-electron chi connectivity index (χ2n) is 5.63. The van der Waals surface area contributed by atoms with Crippen molar-refractivity contribution in [2.24, 2.45) is 11.8 Å². The molecule has 1 aromatic carbocycles. The zero-order valence-electron chi connectivity index (χ0n) is 12.1. The fourth-order valence-corrected chi connectivity index (χ4v) is 2.38. The minimum Gasteiger partial charge on any atom is -0.316 e. The first-order valence-electron chi connectivity index (χ1n) is 6.98. The summed E-state index contributed by atoms with van der Waals surface area (Å²) in [6.07, 6.45) is 2.26. The van der Waals surface area contributed by atoms with Crippen LogP contribution in [-0.2, 0) is 6.42 Å². The molecule has 1 unspecified atom stereocenters. The highest BCUT2D eigenvalue weighted by Gasteiger charge is 2.10. The lowest BCUT2D eigenvalue weighted by atomic mass is 9.96. The molecule has 0 bridgehead atoms. The monoisotopic (exact) mass is 267 g/mol. The summed E-state index contributed by atoms with van der Waals surface area (Å²) in [6, 6.07) is 6.38. The third-order valence-electron chi connectivity index (χ3n) is 3.28. The van der Waals surface area contributed by atoms with Gasteiger partial charge in [-0.05, 0) is 55.5 Å². The van der Waals surface area contributed by atoms with E-state index < -0.39 is 0 Å². The Morgan fingerprint density at radius 2 is 1.94 bits per heavy atom. The van der Waals surface area contributed by atoms with Crippen molar-refractivity contribution in [3.05, 3.63) is 34.3 Å². The second-order valence-corrected chi connectivity index (χ2v) is 6.03. The summed E-state index contributed by atoms with van der Waals surface area (Å²) in [7, 11) is 0. The van der Waals surface area contributed by atoms with Crippen LogP contribution >= 0.6 is 11.6 Å². The summed E-state index contributed by atoms with van der Waals surface area (Å²) < 4.78 is 0. The molecule has 0 spiro atoms. The third kappa shape index (κ3) is 5.41. The largest absolute Gasteiger partial charge is 0.316 e. The second kappa shape index (κ2) is 7.81. The third-order valence-corrected chi connectivity index (χ3v) is 3.63. The van der Waals surface area contributed by atoms with Gasteiger partial charge in [0.2, 0.25) is 0 Å². The van der Waals surface area contributed by atoms with E-state index in [1.54, 1.807) is 0 Å². The highest BCUT2D eigenvalue weighted by molar-refractivity contribution is 6.31. The number of hydrogen-bond donors (Lipinski definition) is 1. The van der Waals surface area contributed by atoms with Crippen LogP contribution in [0.2, 0.25) is 5.02 Å². The molecule has 0 amide bonds. The molecule has 0 aliphatic rings. The Labute approximate surface area is 117 Å². The molecule has 0 aliphatic carbocycles. The topological polar surface area (TPSA) is 12.0 Å². The van der Waals surface area contributed by atoms with Crippen molar-refractivity contribution in [1.29, 1.82) is 0 Å². The van der Waals surface area contributed by atoms with E-state index in [1.807, 2.05) is 0 Å². The van der Waals surface area contributed by atoms with Gasteiger partial charge in [-0.1, -0.05) is 50.9 Å². The molecule has 0 fully saturated rings. The molecule has 1 nitrogen and oxygen atoms in total. The fourth-order valence-electron chi connectivity index (χ4n) is 2.07. The Morgan fingerprint density at radius 1 is 1.22 bits per heavy atom. The molecule has 1 rings (SSSR count). The van der Waals surface area contributed by atoms with Crippen LogP contribution < -0.4 is 5.32 Å². The van der Waals surface area contributed by atoms with Crippen LogP contribution in [0.25, 0.3) is 0 Å². The summed E-state index contributed by atoms with van der Waals surface area (Å²) in [4.78, 5) is 0. The van der Waals surface area contributed by atoms with Crippen molar-refractivity contribution in [2.75, 3.05) is 13.1 Å². The average Bonchev–Trinajstić information content (AvgIpc) is 2.30. The molecule has 0 saturated heterocycles. The first-order valence-corrected chi connectivity index (χ1v) is 7.36. The van der Waals surface area contributed by atoms with E-state index >= 15 is 0 Å².